The van der Waals surface area contributed by atoms with Gasteiger partial charge in [0.25, 0.3) is 5.91 Å². The molecular weight excluding hydrogens is 420 g/mol. The van der Waals surface area contributed by atoms with E-state index in [1.807, 2.05) is 48.4 Å². The normalized spacial score (nSPS) is 23.3. The molecule has 2 aromatic rings. The predicted molar refractivity (Wildman–Crippen MR) is 126 cm³/mol. The Kier molecular flexibility index (Phi) is 7.50. The van der Waals surface area contributed by atoms with Crippen LogP contribution in [0.3, 0.4) is 0 Å². The summed E-state index contributed by atoms with van der Waals surface area (Å²) in [5, 5.41) is 10.5. The number of amides is 1. The SMILES string of the molecule is CCO[C@H]1OC(C(=O)N2CCCCC2)=C[C@@H](c2cn(C(C)=O)c3ccccc23)[C@H]1CCCO. The number of allylic oxidation sites excluding steroid dienone is 1. The molecular formula is C26H34N2O5. The van der Waals surface area contributed by atoms with Crippen LogP contribution in [0.5, 0.6) is 0 Å². The van der Waals surface area contributed by atoms with Crippen LogP contribution in [0.4, 0.5) is 0 Å². The van der Waals surface area contributed by atoms with Crippen molar-refractivity contribution in [2.75, 3.05) is 26.3 Å². The van der Waals surface area contributed by atoms with Gasteiger partial charge in [-0.25, -0.2) is 0 Å². The van der Waals surface area contributed by atoms with Crippen molar-refractivity contribution in [3.05, 3.63) is 47.9 Å². The van der Waals surface area contributed by atoms with Crippen molar-refractivity contribution in [1.82, 2.24) is 9.47 Å². The number of piperidine rings is 1. The molecule has 0 radical (unpaired) electrons. The number of hydrogen-bond acceptors (Lipinski definition) is 5. The molecule has 1 saturated heterocycles. The standard InChI is InChI=1S/C26H34N2O5/c1-3-32-26-20(11-9-15-29)21(16-24(33-26)25(31)27-13-7-4-8-14-27)22-17-28(18(2)30)23-12-6-5-10-19(22)23/h5-6,10,12,16-17,20-21,26,29H,3-4,7-9,11,13-15H2,1-2H3/t20-,21-,26+/m1/s1. The van der Waals surface area contributed by atoms with Crippen molar-refractivity contribution in [3.63, 3.8) is 0 Å². The molecule has 3 heterocycles. The maximum absolute atomic E-state index is 13.4. The molecule has 0 unspecified atom stereocenters. The second-order valence-electron chi connectivity index (χ2n) is 8.87. The van der Waals surface area contributed by atoms with Gasteiger partial charge < -0.3 is 19.5 Å². The number of carbonyl (C=O) groups is 2. The van der Waals surface area contributed by atoms with E-state index < -0.39 is 6.29 Å². The Morgan fingerprint density at radius 2 is 1.94 bits per heavy atom. The Bertz CT molecular complexity index is 1020. The van der Waals surface area contributed by atoms with Crippen LogP contribution in [0, 0.1) is 5.92 Å². The lowest BCUT2D eigenvalue weighted by atomic mass is 9.80. The topological polar surface area (TPSA) is 81.0 Å². The van der Waals surface area contributed by atoms with Crippen LogP contribution in [0.1, 0.15) is 62.2 Å². The van der Waals surface area contributed by atoms with Crippen molar-refractivity contribution in [2.45, 2.75) is 58.2 Å². The van der Waals surface area contributed by atoms with Gasteiger partial charge in [-0.15, -0.1) is 0 Å². The molecule has 0 bridgehead atoms. The number of fused-ring (bicyclic) bond motifs is 1. The lowest BCUT2D eigenvalue weighted by Crippen LogP contribution is -2.42. The van der Waals surface area contributed by atoms with Crippen molar-refractivity contribution in [1.29, 1.82) is 0 Å². The van der Waals surface area contributed by atoms with Crippen molar-refractivity contribution in [3.8, 4) is 0 Å². The van der Waals surface area contributed by atoms with Crippen molar-refractivity contribution < 1.29 is 24.2 Å². The number of aliphatic hydroxyl groups excluding tert-OH is 1. The summed E-state index contributed by atoms with van der Waals surface area (Å²) in [4.78, 5) is 27.6. The Morgan fingerprint density at radius 3 is 2.64 bits per heavy atom. The zero-order valence-corrected chi connectivity index (χ0v) is 19.5. The monoisotopic (exact) mass is 454 g/mol. The van der Waals surface area contributed by atoms with E-state index in [0.717, 1.165) is 48.8 Å². The number of para-hydroxylation sites is 1. The largest absolute Gasteiger partial charge is 0.459 e. The molecule has 0 aliphatic carbocycles. The summed E-state index contributed by atoms with van der Waals surface area (Å²) in [5.41, 5.74) is 1.82. The van der Waals surface area contributed by atoms with Crippen LogP contribution >= 0.6 is 0 Å². The minimum Gasteiger partial charge on any atom is -0.459 e. The Hall–Kier alpha value is -2.64. The maximum Gasteiger partial charge on any atom is 0.288 e. The molecule has 33 heavy (non-hydrogen) atoms. The van der Waals surface area contributed by atoms with Crippen LogP contribution in [0.15, 0.2) is 42.3 Å². The Labute approximate surface area is 195 Å². The van der Waals surface area contributed by atoms with Gasteiger partial charge in [0, 0.05) is 56.6 Å². The maximum atomic E-state index is 13.4. The highest BCUT2D eigenvalue weighted by atomic mass is 16.7. The van der Waals surface area contributed by atoms with E-state index in [2.05, 4.69) is 0 Å². The molecule has 7 heteroatoms. The molecule has 2 aliphatic rings. The van der Waals surface area contributed by atoms with Crippen LogP contribution in [0.25, 0.3) is 10.9 Å². The third-order valence-electron chi connectivity index (χ3n) is 6.71. The van der Waals surface area contributed by atoms with E-state index >= 15 is 0 Å². The van der Waals surface area contributed by atoms with Gasteiger partial charge in [-0.2, -0.15) is 0 Å². The molecule has 0 spiro atoms. The highest BCUT2D eigenvalue weighted by Crippen LogP contribution is 2.42. The molecule has 0 saturated carbocycles. The first-order chi connectivity index (χ1) is 16.0. The molecule has 1 fully saturated rings. The number of carbonyl (C=O) groups excluding carboxylic acids is 2. The summed E-state index contributed by atoms with van der Waals surface area (Å²) in [6, 6.07) is 7.83. The average molecular weight is 455 g/mol. The van der Waals surface area contributed by atoms with Crippen molar-refractivity contribution >= 4 is 22.7 Å². The summed E-state index contributed by atoms with van der Waals surface area (Å²) < 4.78 is 13.8. The van der Waals surface area contributed by atoms with E-state index in [4.69, 9.17) is 9.47 Å². The van der Waals surface area contributed by atoms with Gasteiger partial charge in [0.1, 0.15) is 0 Å². The van der Waals surface area contributed by atoms with Gasteiger partial charge in [-0.3, -0.25) is 14.2 Å². The van der Waals surface area contributed by atoms with Gasteiger partial charge in [-0.1, -0.05) is 18.2 Å². The molecule has 1 N–H and O–H groups in total. The predicted octanol–water partition coefficient (Wildman–Crippen LogP) is 4.06. The minimum atomic E-state index is -0.597. The molecule has 1 aromatic heterocycles. The number of likely N-dealkylation sites (tertiary alicyclic amines) is 1. The van der Waals surface area contributed by atoms with E-state index in [1.165, 1.54) is 0 Å². The molecule has 4 rings (SSSR count). The minimum absolute atomic E-state index is 0.0635. The number of hydrogen-bond donors (Lipinski definition) is 1. The van der Waals surface area contributed by atoms with Crippen LogP contribution in [-0.4, -0.2) is 59.0 Å². The number of rotatable bonds is 7. The fraction of sp³-hybridized carbons (Fsp3) is 0.538. The Morgan fingerprint density at radius 1 is 1.18 bits per heavy atom. The van der Waals surface area contributed by atoms with Gasteiger partial charge in [0.15, 0.2) is 5.76 Å². The quantitative estimate of drug-likeness (QED) is 0.682. The first-order valence-electron chi connectivity index (χ1n) is 12.1. The summed E-state index contributed by atoms with van der Waals surface area (Å²) in [5.74, 6) is -0.121. The number of aromatic nitrogens is 1. The number of benzene rings is 1. The van der Waals surface area contributed by atoms with Crippen LogP contribution in [0.2, 0.25) is 0 Å². The Balaban J connectivity index is 1.81. The van der Waals surface area contributed by atoms with Crippen LogP contribution < -0.4 is 0 Å². The fourth-order valence-electron chi connectivity index (χ4n) is 5.10. The average Bonchev–Trinajstić information content (AvgIpc) is 3.23. The highest BCUT2D eigenvalue weighted by Gasteiger charge is 2.40. The summed E-state index contributed by atoms with van der Waals surface area (Å²) in [7, 11) is 0. The molecule has 7 nitrogen and oxygen atoms in total. The molecule has 178 valence electrons. The fourth-order valence-corrected chi connectivity index (χ4v) is 5.10. The van der Waals surface area contributed by atoms with E-state index in [0.29, 0.717) is 25.2 Å². The summed E-state index contributed by atoms with van der Waals surface area (Å²) >= 11 is 0. The van der Waals surface area contributed by atoms with Crippen molar-refractivity contribution in [2.24, 2.45) is 5.92 Å². The lowest BCUT2D eigenvalue weighted by molar-refractivity contribution is -0.170. The van der Waals surface area contributed by atoms with Crippen LogP contribution in [-0.2, 0) is 14.3 Å². The van der Waals surface area contributed by atoms with Gasteiger partial charge in [0.2, 0.25) is 12.2 Å². The van der Waals surface area contributed by atoms with E-state index in [1.54, 1.807) is 11.5 Å². The molecule has 3 atom stereocenters. The van der Waals surface area contributed by atoms with Gasteiger partial charge >= 0.3 is 0 Å². The molecule has 1 aromatic carbocycles. The number of nitrogens with zero attached hydrogens (tertiary/aromatic N) is 2. The first kappa shape index (κ1) is 23.5. The zero-order chi connectivity index (χ0) is 23.4. The van der Waals surface area contributed by atoms with Gasteiger partial charge in [-0.05, 0) is 56.7 Å². The molecule has 1 amide bonds. The smallest absolute Gasteiger partial charge is 0.288 e. The third kappa shape index (κ3) is 4.84. The number of aliphatic hydroxyl groups is 1. The zero-order valence-electron chi connectivity index (χ0n) is 19.5. The lowest BCUT2D eigenvalue weighted by Gasteiger charge is -2.38. The summed E-state index contributed by atoms with van der Waals surface area (Å²) in [6.07, 6.45) is 7.63. The third-order valence-corrected chi connectivity index (χ3v) is 6.71. The van der Waals surface area contributed by atoms with E-state index in [9.17, 15) is 14.7 Å². The highest BCUT2D eigenvalue weighted by molar-refractivity contribution is 5.95. The van der Waals surface area contributed by atoms with Gasteiger partial charge in [0.05, 0.1) is 5.52 Å². The molecule has 2 aliphatic heterocycles. The number of ether oxygens (including phenoxy) is 2. The summed E-state index contributed by atoms with van der Waals surface area (Å²) in [6.45, 7) is 5.46. The first-order valence-corrected chi connectivity index (χ1v) is 12.1. The second kappa shape index (κ2) is 10.5. The van der Waals surface area contributed by atoms with E-state index in [-0.39, 0.29) is 30.3 Å². The second-order valence-corrected chi connectivity index (χ2v) is 8.87.